The summed E-state index contributed by atoms with van der Waals surface area (Å²) in [7, 11) is 0. The van der Waals surface area contributed by atoms with Crippen molar-refractivity contribution in [2.45, 2.75) is 18.5 Å². The van der Waals surface area contributed by atoms with Crippen LogP contribution in [-0.4, -0.2) is 64.3 Å². The van der Waals surface area contributed by atoms with Gasteiger partial charge in [-0.15, -0.1) is 0 Å². The molecule has 0 radical (unpaired) electrons. The molecule has 10 heteroatoms. The molecule has 0 spiro atoms. The summed E-state index contributed by atoms with van der Waals surface area (Å²) < 4.78 is 0. The monoisotopic (exact) mass is 277 g/mol. The first-order valence-electron chi connectivity index (χ1n) is 5.16. The lowest BCUT2D eigenvalue weighted by atomic mass is 10.2. The Morgan fingerprint density at radius 3 is 2.16 bits per heavy atom. The van der Waals surface area contributed by atoms with Gasteiger partial charge in [-0.05, 0) is 0 Å². The summed E-state index contributed by atoms with van der Waals surface area (Å²) in [5.74, 6) is -4.57. The molecule has 2 unspecified atom stereocenters. The second-order valence-electron chi connectivity index (χ2n) is 3.56. The van der Waals surface area contributed by atoms with Crippen molar-refractivity contribution in [2.75, 3.05) is 13.2 Å². The first-order chi connectivity index (χ1) is 8.77. The van der Waals surface area contributed by atoms with Crippen LogP contribution in [0.3, 0.4) is 0 Å². The van der Waals surface area contributed by atoms with Gasteiger partial charge in [0, 0.05) is 0 Å². The van der Waals surface area contributed by atoms with Crippen molar-refractivity contribution >= 4 is 23.8 Å². The number of hydrogen-bond acceptors (Lipinski definition) is 6. The number of amides is 2. The van der Waals surface area contributed by atoms with Gasteiger partial charge in [0.25, 0.3) is 0 Å². The lowest BCUT2D eigenvalue weighted by Crippen LogP contribution is -2.49. The fourth-order valence-electron chi connectivity index (χ4n) is 1.00. The van der Waals surface area contributed by atoms with Crippen LogP contribution in [-0.2, 0) is 19.2 Å². The number of nitrogens with two attached hydrogens (primary N) is 1. The molecule has 0 saturated carbocycles. The molecule has 0 fully saturated rings. The Kier molecular flexibility index (Phi) is 7.07. The number of aliphatic carboxylic acids is 2. The maximum Gasteiger partial charge on any atom is 0.326 e. The average Bonchev–Trinajstić information content (AvgIpc) is 2.33. The summed E-state index contributed by atoms with van der Waals surface area (Å²) in [6.07, 6.45) is -0.787. The highest BCUT2D eigenvalue weighted by Crippen LogP contribution is 1.92. The number of aliphatic hydroxyl groups excluding tert-OH is 1. The van der Waals surface area contributed by atoms with E-state index >= 15 is 0 Å². The van der Waals surface area contributed by atoms with Crippen LogP contribution in [0.1, 0.15) is 6.42 Å². The molecule has 0 aliphatic carbocycles. The molecule has 10 nitrogen and oxygen atoms in total. The lowest BCUT2D eigenvalue weighted by Gasteiger charge is -2.13. The largest absolute Gasteiger partial charge is 0.481 e. The van der Waals surface area contributed by atoms with Crippen molar-refractivity contribution < 1.29 is 34.5 Å². The maximum absolute atomic E-state index is 11.3. The van der Waals surface area contributed by atoms with Crippen molar-refractivity contribution in [3.63, 3.8) is 0 Å². The van der Waals surface area contributed by atoms with E-state index in [2.05, 4.69) is 5.32 Å². The summed E-state index contributed by atoms with van der Waals surface area (Å²) in [5.41, 5.74) is 5.15. The number of rotatable bonds is 8. The third kappa shape index (κ3) is 6.95. The summed E-state index contributed by atoms with van der Waals surface area (Å²) in [6, 6.07) is -2.78. The second kappa shape index (κ2) is 8.00. The van der Waals surface area contributed by atoms with Gasteiger partial charge in [0.15, 0.2) is 0 Å². The van der Waals surface area contributed by atoms with Crippen LogP contribution in [0.2, 0.25) is 0 Å². The van der Waals surface area contributed by atoms with Crippen LogP contribution in [0.5, 0.6) is 0 Å². The zero-order valence-corrected chi connectivity index (χ0v) is 9.83. The number of carboxylic acids is 2. The van der Waals surface area contributed by atoms with Gasteiger partial charge in [0.2, 0.25) is 11.8 Å². The van der Waals surface area contributed by atoms with Crippen LogP contribution in [0, 0.1) is 0 Å². The normalized spacial score (nSPS) is 13.2. The van der Waals surface area contributed by atoms with Crippen molar-refractivity contribution in [3.05, 3.63) is 0 Å². The molecule has 0 aliphatic rings. The van der Waals surface area contributed by atoms with Crippen LogP contribution in [0.25, 0.3) is 0 Å². The van der Waals surface area contributed by atoms with Crippen molar-refractivity contribution in [1.82, 2.24) is 10.6 Å². The summed E-state index contributed by atoms with van der Waals surface area (Å²) in [6.45, 7) is -1.18. The molecule has 0 heterocycles. The Labute approximate surface area is 107 Å². The molecule has 0 aliphatic heterocycles. The number of carbonyl (C=O) groups is 4. The SMILES string of the molecule is NC(CO)C(=O)NCC(=O)NC(CC(=O)O)C(=O)O. The average molecular weight is 277 g/mol. The molecule has 7 N–H and O–H groups in total. The Balaban J connectivity index is 4.24. The number of nitrogens with one attached hydrogen (secondary N) is 2. The molecule has 2 atom stereocenters. The number of aliphatic hydroxyl groups is 1. The first kappa shape index (κ1) is 16.8. The molecule has 0 bridgehead atoms. The van der Waals surface area contributed by atoms with Crippen LogP contribution < -0.4 is 16.4 Å². The molecule has 0 aromatic heterocycles. The summed E-state index contributed by atoms with van der Waals surface area (Å²) in [4.78, 5) is 43.4. The van der Waals surface area contributed by atoms with E-state index in [0.717, 1.165) is 0 Å². The standard InChI is InChI=1S/C9H15N3O7/c10-4(3-13)8(17)11-2-6(14)12-5(9(18)19)1-7(15)16/h4-5,13H,1-3,10H2,(H,11,17)(H,12,14)(H,15,16)(H,18,19). The van der Waals surface area contributed by atoms with E-state index in [1.807, 2.05) is 5.32 Å². The van der Waals surface area contributed by atoms with E-state index in [0.29, 0.717) is 0 Å². The van der Waals surface area contributed by atoms with E-state index in [-0.39, 0.29) is 0 Å². The minimum absolute atomic E-state index is 0.573. The zero-order valence-electron chi connectivity index (χ0n) is 9.83. The Bertz CT molecular complexity index is 371. The smallest absolute Gasteiger partial charge is 0.326 e. The predicted molar refractivity (Wildman–Crippen MR) is 59.9 cm³/mol. The molecular weight excluding hydrogens is 262 g/mol. The third-order valence-electron chi connectivity index (χ3n) is 1.97. The van der Waals surface area contributed by atoms with Crippen LogP contribution in [0.15, 0.2) is 0 Å². The maximum atomic E-state index is 11.3. The number of hydrogen-bond donors (Lipinski definition) is 6. The fourth-order valence-corrected chi connectivity index (χ4v) is 1.00. The van der Waals surface area contributed by atoms with Crippen molar-refractivity contribution in [3.8, 4) is 0 Å². The molecule has 2 amide bonds. The molecule has 108 valence electrons. The topological polar surface area (TPSA) is 179 Å². The Hall–Kier alpha value is -2.20. The zero-order chi connectivity index (χ0) is 15.0. The highest BCUT2D eigenvalue weighted by atomic mass is 16.4. The fraction of sp³-hybridized carbons (Fsp3) is 0.556. The molecule has 0 aromatic rings. The van der Waals surface area contributed by atoms with E-state index < -0.39 is 55.4 Å². The van der Waals surface area contributed by atoms with Gasteiger partial charge in [0.05, 0.1) is 19.6 Å². The summed E-state index contributed by atoms with van der Waals surface area (Å²) in [5, 5.41) is 29.6. The highest BCUT2D eigenvalue weighted by molar-refractivity contribution is 5.90. The number of carbonyl (C=O) groups excluding carboxylic acids is 2. The molecule has 0 saturated heterocycles. The minimum atomic E-state index is -1.59. The quantitative estimate of drug-likeness (QED) is 0.264. The van der Waals surface area contributed by atoms with Gasteiger partial charge in [-0.3, -0.25) is 14.4 Å². The van der Waals surface area contributed by atoms with E-state index in [9.17, 15) is 19.2 Å². The van der Waals surface area contributed by atoms with Crippen LogP contribution >= 0.6 is 0 Å². The highest BCUT2D eigenvalue weighted by Gasteiger charge is 2.23. The second-order valence-corrected chi connectivity index (χ2v) is 3.56. The molecular formula is C9H15N3O7. The predicted octanol–water partition coefficient (Wildman–Crippen LogP) is -3.53. The Morgan fingerprint density at radius 2 is 1.74 bits per heavy atom. The van der Waals surface area contributed by atoms with Gasteiger partial charge >= 0.3 is 11.9 Å². The lowest BCUT2D eigenvalue weighted by molar-refractivity contribution is -0.147. The Morgan fingerprint density at radius 1 is 1.16 bits per heavy atom. The summed E-state index contributed by atoms with van der Waals surface area (Å²) >= 11 is 0. The molecule has 19 heavy (non-hydrogen) atoms. The minimum Gasteiger partial charge on any atom is -0.481 e. The van der Waals surface area contributed by atoms with Gasteiger partial charge < -0.3 is 31.7 Å². The third-order valence-corrected chi connectivity index (χ3v) is 1.97. The van der Waals surface area contributed by atoms with Crippen molar-refractivity contribution in [1.29, 1.82) is 0 Å². The first-order valence-corrected chi connectivity index (χ1v) is 5.16. The van der Waals surface area contributed by atoms with Crippen LogP contribution in [0.4, 0.5) is 0 Å². The number of carboxylic acid groups (broad SMARTS) is 2. The molecule has 0 rings (SSSR count). The van der Waals surface area contributed by atoms with Crippen molar-refractivity contribution in [2.24, 2.45) is 5.73 Å². The van der Waals surface area contributed by atoms with Gasteiger partial charge in [0.1, 0.15) is 12.1 Å². The van der Waals surface area contributed by atoms with E-state index in [4.69, 9.17) is 21.1 Å². The van der Waals surface area contributed by atoms with E-state index in [1.54, 1.807) is 0 Å². The van der Waals surface area contributed by atoms with Gasteiger partial charge in [-0.2, -0.15) is 0 Å². The van der Waals surface area contributed by atoms with Gasteiger partial charge in [-0.1, -0.05) is 0 Å². The molecule has 0 aromatic carbocycles. The van der Waals surface area contributed by atoms with Gasteiger partial charge in [-0.25, -0.2) is 4.79 Å². The van der Waals surface area contributed by atoms with E-state index in [1.165, 1.54) is 0 Å².